The van der Waals surface area contributed by atoms with Crippen LogP contribution in [0.3, 0.4) is 0 Å². The Morgan fingerprint density at radius 2 is 1.97 bits per heavy atom. The lowest BCUT2D eigenvalue weighted by Crippen LogP contribution is -2.46. The number of likely N-dealkylation sites (N-methyl/N-ethyl adjacent to an activating group) is 1. The number of amides is 3. The first kappa shape index (κ1) is 27.0. The van der Waals surface area contributed by atoms with Gasteiger partial charge in [0.25, 0.3) is 0 Å². The first-order valence-electron chi connectivity index (χ1n) is 13.2. The molecule has 3 amide bonds. The molecule has 37 heavy (non-hydrogen) atoms. The van der Waals surface area contributed by atoms with Crippen LogP contribution in [0.25, 0.3) is 0 Å². The average molecular weight is 518 g/mol. The lowest BCUT2D eigenvalue weighted by atomic mass is 9.84. The highest BCUT2D eigenvalue weighted by atomic mass is 16.7. The number of nitrogens with two attached hydrogens (primary N) is 1. The summed E-state index contributed by atoms with van der Waals surface area (Å²) in [6.07, 6.45) is 2.32. The summed E-state index contributed by atoms with van der Waals surface area (Å²) in [5.74, 6) is -0.773. The van der Waals surface area contributed by atoms with Gasteiger partial charge in [0.15, 0.2) is 11.5 Å². The third kappa shape index (κ3) is 5.93. The van der Waals surface area contributed by atoms with Crippen molar-refractivity contribution in [3.63, 3.8) is 0 Å². The number of likely N-dealkylation sites (tertiary alicyclic amines) is 1. The number of benzene rings is 1. The summed E-state index contributed by atoms with van der Waals surface area (Å²) in [5.41, 5.74) is 6.62. The van der Waals surface area contributed by atoms with Crippen LogP contribution in [0.5, 0.6) is 11.5 Å². The molecule has 0 aliphatic carbocycles. The summed E-state index contributed by atoms with van der Waals surface area (Å²) in [4.78, 5) is 45.7. The van der Waals surface area contributed by atoms with Gasteiger partial charge in [0.2, 0.25) is 12.7 Å². The van der Waals surface area contributed by atoms with E-state index in [1.54, 1.807) is 21.7 Å². The number of aliphatic carboxylic acids is 1. The van der Waals surface area contributed by atoms with Gasteiger partial charge in [-0.05, 0) is 30.5 Å². The third-order valence-corrected chi connectivity index (χ3v) is 7.73. The Morgan fingerprint density at radius 3 is 2.65 bits per heavy atom. The van der Waals surface area contributed by atoms with Crippen LogP contribution in [0.4, 0.5) is 4.79 Å². The van der Waals surface area contributed by atoms with Gasteiger partial charge in [-0.2, -0.15) is 0 Å². The fraction of sp³-hybridized carbons (Fsp3) is 0.654. The second-order valence-corrected chi connectivity index (χ2v) is 10.1. The minimum absolute atomic E-state index is 0.0450. The van der Waals surface area contributed by atoms with E-state index in [0.717, 1.165) is 18.4 Å². The number of carboxylic acid groups (broad SMARTS) is 1. The Labute approximate surface area is 218 Å². The van der Waals surface area contributed by atoms with E-state index in [2.05, 4.69) is 6.92 Å². The third-order valence-electron chi connectivity index (χ3n) is 7.73. The summed E-state index contributed by atoms with van der Waals surface area (Å²) in [5, 5.41) is 10.4. The largest absolute Gasteiger partial charge is 0.481 e. The molecule has 1 aromatic rings. The predicted octanol–water partition coefficient (Wildman–Crippen LogP) is 1.23. The maximum absolute atomic E-state index is 13.3. The highest BCUT2D eigenvalue weighted by Crippen LogP contribution is 2.42. The Hall–Kier alpha value is -3.05. The van der Waals surface area contributed by atoms with Gasteiger partial charge in [-0.1, -0.05) is 19.4 Å². The van der Waals surface area contributed by atoms with Gasteiger partial charge in [0, 0.05) is 64.8 Å². The van der Waals surface area contributed by atoms with Crippen LogP contribution >= 0.6 is 0 Å². The second kappa shape index (κ2) is 12.0. The van der Waals surface area contributed by atoms with Gasteiger partial charge >= 0.3 is 12.0 Å². The fourth-order valence-electron chi connectivity index (χ4n) is 5.67. The molecule has 3 aliphatic rings. The second-order valence-electron chi connectivity index (χ2n) is 10.1. The zero-order valence-electron chi connectivity index (χ0n) is 21.8. The molecular weight excluding hydrogens is 478 g/mol. The van der Waals surface area contributed by atoms with Gasteiger partial charge < -0.3 is 35.0 Å². The molecule has 0 spiro atoms. The minimum atomic E-state index is -0.905. The first-order valence-corrected chi connectivity index (χ1v) is 13.2. The van der Waals surface area contributed by atoms with Crippen LogP contribution in [-0.4, -0.2) is 115 Å². The van der Waals surface area contributed by atoms with Crippen molar-refractivity contribution in [2.75, 3.05) is 66.2 Å². The molecule has 3 heterocycles. The van der Waals surface area contributed by atoms with Crippen molar-refractivity contribution in [2.45, 2.75) is 38.1 Å². The van der Waals surface area contributed by atoms with Crippen LogP contribution < -0.4 is 15.2 Å². The van der Waals surface area contributed by atoms with E-state index in [1.807, 2.05) is 23.1 Å². The normalized spacial score (nSPS) is 23.2. The number of hydrogen-bond donors (Lipinski definition) is 2. The molecule has 3 aliphatic heterocycles. The lowest BCUT2D eigenvalue weighted by Gasteiger charge is -2.30. The van der Waals surface area contributed by atoms with E-state index in [9.17, 15) is 19.5 Å². The number of hydrogen-bond acceptors (Lipinski definition) is 7. The smallest absolute Gasteiger partial charge is 0.319 e. The fourth-order valence-corrected chi connectivity index (χ4v) is 5.67. The lowest BCUT2D eigenvalue weighted by molar-refractivity contribution is -0.143. The number of fused-ring (bicyclic) bond motifs is 1. The number of carboxylic acids is 1. The van der Waals surface area contributed by atoms with Crippen molar-refractivity contribution in [1.82, 2.24) is 19.6 Å². The number of rotatable bonds is 12. The van der Waals surface area contributed by atoms with Crippen LogP contribution in [0.15, 0.2) is 18.2 Å². The van der Waals surface area contributed by atoms with Crippen molar-refractivity contribution >= 4 is 17.9 Å². The molecule has 3 N–H and O–H groups in total. The van der Waals surface area contributed by atoms with Gasteiger partial charge in [0.05, 0.1) is 12.5 Å². The zero-order valence-corrected chi connectivity index (χ0v) is 21.8. The maximum Gasteiger partial charge on any atom is 0.319 e. The molecule has 0 aromatic heterocycles. The Balaban J connectivity index is 1.58. The summed E-state index contributed by atoms with van der Waals surface area (Å²) < 4.78 is 11.0. The van der Waals surface area contributed by atoms with Crippen molar-refractivity contribution in [3.05, 3.63) is 23.8 Å². The van der Waals surface area contributed by atoms with Gasteiger partial charge in [-0.25, -0.2) is 4.79 Å². The van der Waals surface area contributed by atoms with E-state index >= 15 is 0 Å². The van der Waals surface area contributed by atoms with Crippen molar-refractivity contribution in [2.24, 2.45) is 11.7 Å². The van der Waals surface area contributed by atoms with E-state index in [0.29, 0.717) is 63.7 Å². The number of carbonyl (C=O) groups excluding carboxylic acids is 2. The standard InChI is InChI=1S/C26H39N5O6/c1-3-4-9-29(11-8-27)23(32)16-31-15-19(18-5-6-21-22(14-18)37-17-36-21)24(25(33)34)20(31)7-10-30-13-12-28(2)26(30)35/h5-6,14,19-20,24H,3-4,7-13,15-17,27H2,1-2H3,(H,33,34)/t19-,20+,24-/m1/s1. The highest BCUT2D eigenvalue weighted by Gasteiger charge is 2.47. The Bertz CT molecular complexity index is 990. The molecule has 4 rings (SSSR count). The van der Waals surface area contributed by atoms with Gasteiger partial charge in [-0.15, -0.1) is 0 Å². The maximum atomic E-state index is 13.3. The first-order chi connectivity index (χ1) is 17.8. The van der Waals surface area contributed by atoms with E-state index in [-0.39, 0.29) is 31.2 Å². The number of urea groups is 1. The molecule has 2 saturated heterocycles. The number of ether oxygens (including phenoxy) is 2. The SMILES string of the molecule is CCCCN(CCN)C(=O)CN1C[C@H](c2ccc3c(c2)OCO3)[C@@H](C(=O)O)[C@@H]1CCN1CCN(C)C1=O. The average Bonchev–Trinajstić information content (AvgIpc) is 3.58. The van der Waals surface area contributed by atoms with Gasteiger partial charge in [0.1, 0.15) is 0 Å². The monoisotopic (exact) mass is 517 g/mol. The zero-order chi connectivity index (χ0) is 26.5. The van der Waals surface area contributed by atoms with Crippen LogP contribution in [0.1, 0.15) is 37.7 Å². The van der Waals surface area contributed by atoms with E-state index < -0.39 is 17.9 Å². The summed E-state index contributed by atoms with van der Waals surface area (Å²) in [6.45, 7) is 5.95. The predicted molar refractivity (Wildman–Crippen MR) is 137 cm³/mol. The molecular formula is C26H39N5O6. The topological polar surface area (TPSA) is 129 Å². The van der Waals surface area contributed by atoms with Gasteiger partial charge in [-0.3, -0.25) is 14.5 Å². The quantitative estimate of drug-likeness (QED) is 0.424. The molecule has 204 valence electrons. The summed E-state index contributed by atoms with van der Waals surface area (Å²) >= 11 is 0. The van der Waals surface area contributed by atoms with E-state index in [1.165, 1.54) is 0 Å². The summed E-state index contributed by atoms with van der Waals surface area (Å²) in [6, 6.07) is 5.10. The highest BCUT2D eigenvalue weighted by molar-refractivity contribution is 5.79. The molecule has 11 heteroatoms. The molecule has 3 atom stereocenters. The van der Waals surface area contributed by atoms with Crippen LogP contribution in [0.2, 0.25) is 0 Å². The Kier molecular flexibility index (Phi) is 8.75. The molecule has 2 fully saturated rings. The molecule has 1 aromatic carbocycles. The molecule has 0 radical (unpaired) electrons. The molecule has 11 nitrogen and oxygen atoms in total. The molecule has 0 unspecified atom stereocenters. The van der Waals surface area contributed by atoms with Crippen molar-refractivity contribution in [3.8, 4) is 11.5 Å². The molecule has 0 saturated carbocycles. The number of nitrogens with zero attached hydrogens (tertiary/aromatic N) is 4. The van der Waals surface area contributed by atoms with Crippen molar-refractivity contribution in [1.29, 1.82) is 0 Å². The van der Waals surface area contributed by atoms with Crippen molar-refractivity contribution < 1.29 is 29.0 Å². The van der Waals surface area contributed by atoms with Crippen LogP contribution in [-0.2, 0) is 9.59 Å². The molecule has 0 bridgehead atoms. The minimum Gasteiger partial charge on any atom is -0.481 e. The van der Waals surface area contributed by atoms with E-state index in [4.69, 9.17) is 15.2 Å². The number of carbonyl (C=O) groups is 3. The Morgan fingerprint density at radius 1 is 1.19 bits per heavy atom. The van der Waals surface area contributed by atoms with Crippen LogP contribution in [0, 0.1) is 5.92 Å². The summed E-state index contributed by atoms with van der Waals surface area (Å²) in [7, 11) is 1.76. The number of unbranched alkanes of at least 4 members (excludes halogenated alkanes) is 1.